The first-order valence-electron chi connectivity index (χ1n) is 7.36. The Kier molecular flexibility index (Phi) is 3.88. The molecule has 1 amide bonds. The van der Waals surface area contributed by atoms with Gasteiger partial charge in [0.2, 0.25) is 0 Å². The third-order valence-electron chi connectivity index (χ3n) is 4.25. The van der Waals surface area contributed by atoms with Crippen molar-refractivity contribution in [2.45, 2.75) is 71.9 Å². The van der Waals surface area contributed by atoms with Crippen LogP contribution in [0.4, 0.5) is 4.79 Å². The van der Waals surface area contributed by atoms with Crippen molar-refractivity contribution < 1.29 is 9.53 Å². The number of hydrogen-bond acceptors (Lipinski definition) is 2. The number of carbonyl (C=O) groups excluding carboxylic acids is 1. The van der Waals surface area contributed by atoms with Gasteiger partial charge in [0.1, 0.15) is 0 Å². The van der Waals surface area contributed by atoms with Crippen molar-refractivity contribution in [2.24, 2.45) is 11.3 Å². The number of fused-ring (bicyclic) bond motifs is 2. The first kappa shape index (κ1) is 13.7. The van der Waals surface area contributed by atoms with E-state index < -0.39 is 0 Å². The molecule has 0 aromatic heterocycles. The van der Waals surface area contributed by atoms with Gasteiger partial charge in [-0.05, 0) is 37.0 Å². The number of rotatable bonds is 2. The van der Waals surface area contributed by atoms with Gasteiger partial charge >= 0.3 is 6.09 Å². The molecule has 2 saturated heterocycles. The van der Waals surface area contributed by atoms with Crippen LogP contribution in [0.5, 0.6) is 0 Å². The van der Waals surface area contributed by atoms with Crippen LogP contribution in [-0.4, -0.2) is 29.7 Å². The Bertz CT molecular complexity index is 294. The third-order valence-corrected chi connectivity index (χ3v) is 4.25. The zero-order chi connectivity index (χ0) is 13.3. The Labute approximate surface area is 111 Å². The lowest BCUT2D eigenvalue weighted by Crippen LogP contribution is -2.47. The lowest BCUT2D eigenvalue weighted by atomic mass is 9.89. The molecule has 2 heterocycles. The van der Waals surface area contributed by atoms with Crippen LogP contribution in [0.25, 0.3) is 0 Å². The second-order valence-corrected chi connectivity index (χ2v) is 7.15. The number of ether oxygens (including phenoxy) is 1. The molecule has 0 N–H and O–H groups in total. The quantitative estimate of drug-likeness (QED) is 0.748. The second kappa shape index (κ2) is 5.10. The van der Waals surface area contributed by atoms with E-state index >= 15 is 0 Å². The maximum atomic E-state index is 12.2. The molecule has 3 heteroatoms. The molecule has 18 heavy (non-hydrogen) atoms. The average Bonchev–Trinajstić information content (AvgIpc) is 2.56. The molecule has 104 valence electrons. The molecular weight excluding hydrogens is 226 g/mol. The highest BCUT2D eigenvalue weighted by Gasteiger charge is 2.43. The maximum absolute atomic E-state index is 12.2. The van der Waals surface area contributed by atoms with Gasteiger partial charge in [0.15, 0.2) is 0 Å². The van der Waals surface area contributed by atoms with E-state index in [0.29, 0.717) is 18.7 Å². The monoisotopic (exact) mass is 253 g/mol. The highest BCUT2D eigenvalue weighted by molar-refractivity contribution is 5.69. The zero-order valence-corrected chi connectivity index (χ0v) is 12.2. The van der Waals surface area contributed by atoms with Gasteiger partial charge in [-0.2, -0.15) is 0 Å². The molecule has 2 unspecified atom stereocenters. The minimum Gasteiger partial charge on any atom is -0.449 e. The van der Waals surface area contributed by atoms with E-state index in [1.807, 2.05) is 4.90 Å². The van der Waals surface area contributed by atoms with Gasteiger partial charge in [-0.1, -0.05) is 34.1 Å². The predicted octanol–water partition coefficient (Wildman–Crippen LogP) is 3.82. The smallest absolute Gasteiger partial charge is 0.410 e. The van der Waals surface area contributed by atoms with Crippen molar-refractivity contribution in [3.63, 3.8) is 0 Å². The lowest BCUT2D eigenvalue weighted by Gasteiger charge is -2.38. The summed E-state index contributed by atoms with van der Waals surface area (Å²) in [4.78, 5) is 14.2. The Morgan fingerprint density at radius 3 is 2.22 bits per heavy atom. The molecule has 2 atom stereocenters. The van der Waals surface area contributed by atoms with Crippen LogP contribution in [0.2, 0.25) is 0 Å². The average molecular weight is 253 g/mol. The first-order valence-corrected chi connectivity index (χ1v) is 7.36. The molecular formula is C15H27NO2. The van der Waals surface area contributed by atoms with Gasteiger partial charge in [0.05, 0.1) is 6.61 Å². The molecule has 0 aromatic rings. The van der Waals surface area contributed by atoms with Crippen LogP contribution in [0.3, 0.4) is 0 Å². The molecule has 2 bridgehead atoms. The van der Waals surface area contributed by atoms with Gasteiger partial charge < -0.3 is 9.64 Å². The summed E-state index contributed by atoms with van der Waals surface area (Å²) in [6.07, 6.45) is 5.87. The number of hydrogen-bond donors (Lipinski definition) is 0. The molecule has 0 spiro atoms. The fourth-order valence-corrected chi connectivity index (χ4v) is 3.27. The fraction of sp³-hybridized carbons (Fsp3) is 0.933. The van der Waals surface area contributed by atoms with Crippen molar-refractivity contribution in [1.29, 1.82) is 0 Å². The molecule has 0 radical (unpaired) electrons. The van der Waals surface area contributed by atoms with E-state index in [-0.39, 0.29) is 11.5 Å². The maximum Gasteiger partial charge on any atom is 0.410 e. The van der Waals surface area contributed by atoms with E-state index in [0.717, 1.165) is 5.92 Å². The summed E-state index contributed by atoms with van der Waals surface area (Å²) in [6.45, 7) is 9.06. The van der Waals surface area contributed by atoms with Crippen molar-refractivity contribution in [2.75, 3.05) is 6.61 Å². The number of amides is 1. The van der Waals surface area contributed by atoms with Gasteiger partial charge in [-0.25, -0.2) is 4.79 Å². The van der Waals surface area contributed by atoms with Crippen LogP contribution in [-0.2, 0) is 4.74 Å². The summed E-state index contributed by atoms with van der Waals surface area (Å²) in [7, 11) is 0. The predicted molar refractivity (Wildman–Crippen MR) is 72.5 cm³/mol. The van der Waals surface area contributed by atoms with Crippen LogP contribution in [0.15, 0.2) is 0 Å². The van der Waals surface area contributed by atoms with Crippen molar-refractivity contribution in [3.8, 4) is 0 Å². The SMILES string of the molecule is CCC1CC2CCC(C1)N2C(=O)OCC(C)(C)C. The van der Waals surface area contributed by atoms with E-state index in [4.69, 9.17) is 4.74 Å². The van der Waals surface area contributed by atoms with Crippen molar-refractivity contribution in [1.82, 2.24) is 4.90 Å². The first-order chi connectivity index (χ1) is 8.40. The summed E-state index contributed by atoms with van der Waals surface area (Å²) in [6, 6.07) is 0.891. The Morgan fingerprint density at radius 1 is 1.22 bits per heavy atom. The minimum absolute atomic E-state index is 0.0520. The van der Waals surface area contributed by atoms with Crippen LogP contribution in [0.1, 0.15) is 59.8 Å². The Morgan fingerprint density at radius 2 is 1.78 bits per heavy atom. The highest BCUT2D eigenvalue weighted by atomic mass is 16.6. The largest absolute Gasteiger partial charge is 0.449 e. The normalized spacial score (nSPS) is 31.6. The molecule has 0 aliphatic carbocycles. The molecule has 2 fully saturated rings. The van der Waals surface area contributed by atoms with Crippen molar-refractivity contribution >= 4 is 6.09 Å². The van der Waals surface area contributed by atoms with Gasteiger partial charge in [-0.3, -0.25) is 0 Å². The van der Waals surface area contributed by atoms with Crippen LogP contribution < -0.4 is 0 Å². The topological polar surface area (TPSA) is 29.5 Å². The number of carbonyl (C=O) groups is 1. The molecule has 0 saturated carbocycles. The molecule has 2 aliphatic rings. The lowest BCUT2D eigenvalue weighted by molar-refractivity contribution is 0.0384. The van der Waals surface area contributed by atoms with Gasteiger partial charge in [0, 0.05) is 12.1 Å². The number of piperidine rings is 1. The standard InChI is InChI=1S/C15H27NO2/c1-5-11-8-12-6-7-13(9-11)16(12)14(17)18-10-15(2,3)4/h11-13H,5-10H2,1-4H3. The molecule has 2 rings (SSSR count). The summed E-state index contributed by atoms with van der Waals surface area (Å²) in [5.74, 6) is 0.814. The van der Waals surface area contributed by atoms with E-state index in [1.165, 1.54) is 32.1 Å². The zero-order valence-electron chi connectivity index (χ0n) is 12.2. The van der Waals surface area contributed by atoms with Crippen LogP contribution in [0, 0.1) is 11.3 Å². The minimum atomic E-state index is -0.0769. The third kappa shape index (κ3) is 2.99. The summed E-state index contributed by atoms with van der Waals surface area (Å²) in [5, 5.41) is 0. The molecule has 0 aromatic carbocycles. The second-order valence-electron chi connectivity index (χ2n) is 7.15. The highest BCUT2D eigenvalue weighted by Crippen LogP contribution is 2.40. The molecule has 2 aliphatic heterocycles. The van der Waals surface area contributed by atoms with E-state index in [2.05, 4.69) is 27.7 Å². The summed E-state index contributed by atoms with van der Waals surface area (Å²) in [5.41, 5.74) is 0.0520. The van der Waals surface area contributed by atoms with Crippen molar-refractivity contribution in [3.05, 3.63) is 0 Å². The fourth-order valence-electron chi connectivity index (χ4n) is 3.27. The number of nitrogens with zero attached hydrogens (tertiary/aromatic N) is 1. The van der Waals surface area contributed by atoms with Crippen LogP contribution >= 0.6 is 0 Å². The molecule has 3 nitrogen and oxygen atoms in total. The Hall–Kier alpha value is -0.730. The van der Waals surface area contributed by atoms with Gasteiger partial charge in [-0.15, -0.1) is 0 Å². The van der Waals surface area contributed by atoms with E-state index in [1.54, 1.807) is 0 Å². The summed E-state index contributed by atoms with van der Waals surface area (Å²) < 4.78 is 5.48. The summed E-state index contributed by atoms with van der Waals surface area (Å²) >= 11 is 0. The Balaban J connectivity index is 1.92. The van der Waals surface area contributed by atoms with Gasteiger partial charge in [0.25, 0.3) is 0 Å². The van der Waals surface area contributed by atoms with E-state index in [9.17, 15) is 4.79 Å².